The molecule has 29 nitrogen and oxygen atoms in total. The fraction of sp³-hybridized carbons (Fsp3) is 0.128. The zero-order valence-electron chi connectivity index (χ0n) is 42.9. The number of hydrogen-bond acceptors (Lipinski definition) is 29. The molecule has 0 bridgehead atoms. The Morgan fingerprint density at radius 1 is 0.537 bits per heavy atom. The number of rotatable bonds is 16. The summed E-state index contributed by atoms with van der Waals surface area (Å²) in [6, 6.07) is 7.49. The summed E-state index contributed by atoms with van der Waals surface area (Å²) in [5, 5.41) is 23.8. The van der Waals surface area contributed by atoms with Crippen LogP contribution in [0.4, 0.5) is 22.7 Å². The molecule has 4 aromatic rings. The van der Waals surface area contributed by atoms with Gasteiger partial charge in [-0.15, -0.1) is 0 Å². The zero-order chi connectivity index (χ0) is 55.7. The average molecular weight is 1250 g/mol. The summed E-state index contributed by atoms with van der Waals surface area (Å²) in [6.45, 7) is 1.61. The number of aliphatic hydroxyl groups excluding tert-OH is 2. The van der Waals surface area contributed by atoms with Crippen LogP contribution in [0.1, 0.15) is 43.0 Å². The SMILES string of the molecule is CN(CCO)CCO.Nc1cc(S(=O)(=O)[O-])cc2c1C(=O)C(=NNc1ccc(C=Cc3ccc(NN=C4C(=O)c5c(N)cc(S(=O)(=O)[O-])cc5C=C4S(=O)(=O)[O-])c(S(=O)(=O)[O-])c3)c(S(=O)(=O)[O-])c1)C(S(=O)(=O)[O-])=C2.[Li+].[Li+].[Na+].[Na+].[Na+].[Na+]. The molecule has 2 aliphatic carbocycles. The van der Waals surface area contributed by atoms with Crippen LogP contribution in [0, 0.1) is 0 Å². The van der Waals surface area contributed by atoms with Crippen molar-refractivity contribution in [2.45, 2.75) is 19.6 Å². The van der Waals surface area contributed by atoms with E-state index in [1.165, 1.54) is 0 Å². The molecular formula is C39H33Li2N7Na4O22S6. The molecule has 398 valence electrons. The van der Waals surface area contributed by atoms with Crippen LogP contribution >= 0.6 is 0 Å². The number of ketones is 2. The molecule has 0 saturated heterocycles. The number of carbonyl (C=O) groups excluding carboxylic acids is 2. The maximum Gasteiger partial charge on any atom is 1.00 e. The molecule has 41 heteroatoms. The Kier molecular flexibility index (Phi) is 32.0. The van der Waals surface area contributed by atoms with Crippen molar-refractivity contribution in [3.8, 4) is 0 Å². The van der Waals surface area contributed by atoms with Crippen LogP contribution in [0.5, 0.6) is 0 Å². The van der Waals surface area contributed by atoms with Crippen LogP contribution in [0.3, 0.4) is 0 Å². The second-order valence-electron chi connectivity index (χ2n) is 15.1. The third-order valence-electron chi connectivity index (χ3n) is 9.95. The third-order valence-corrected chi connectivity index (χ3v) is 15.0. The first-order valence-corrected chi connectivity index (χ1v) is 28.1. The Balaban J connectivity index is 0. The number of anilines is 4. The van der Waals surface area contributed by atoms with Gasteiger partial charge in [0.2, 0.25) is 11.6 Å². The summed E-state index contributed by atoms with van der Waals surface area (Å²) in [4.78, 5) is 21.7. The first-order valence-electron chi connectivity index (χ1n) is 19.7. The van der Waals surface area contributed by atoms with Crippen molar-refractivity contribution in [1.82, 2.24) is 4.90 Å². The van der Waals surface area contributed by atoms with Gasteiger partial charge in [0.25, 0.3) is 0 Å². The number of hydrogen-bond donors (Lipinski definition) is 6. The van der Waals surface area contributed by atoms with Gasteiger partial charge in [0.1, 0.15) is 72.1 Å². The summed E-state index contributed by atoms with van der Waals surface area (Å²) in [7, 11) is -30.7. The molecule has 80 heavy (non-hydrogen) atoms. The monoisotopic (exact) mass is 1250 g/mol. The molecule has 0 spiro atoms. The molecule has 0 aromatic heterocycles. The van der Waals surface area contributed by atoms with Crippen molar-refractivity contribution in [2.24, 2.45) is 10.2 Å². The first kappa shape index (κ1) is 80.6. The molecule has 0 atom stereocenters. The van der Waals surface area contributed by atoms with Gasteiger partial charge < -0.3 is 53.9 Å². The first-order chi connectivity index (χ1) is 34.0. The van der Waals surface area contributed by atoms with Gasteiger partial charge in [0.05, 0.1) is 65.1 Å². The number of nitrogens with one attached hydrogen (secondary N) is 2. The molecule has 0 unspecified atom stereocenters. The molecule has 0 saturated carbocycles. The van der Waals surface area contributed by atoms with Crippen molar-refractivity contribution in [3.05, 3.63) is 104 Å². The van der Waals surface area contributed by atoms with Gasteiger partial charge >= 0.3 is 156 Å². The standard InChI is InChI=1S/C34H26N6O20S6.C5H13NO2.2Li.4Na/c35-22-13-20(61(43,44)45)8-17-10-27(65(55,56)57)31(33(41)29(17)22)39-37-19-5-4-16(25(12-19)63(49,50)51)3-1-15-2-6-24(26(7-15)64(52,53)54)38-40-32-28(66(58,59)60)11-18-9-21(62(46,47)48)14-23(36)30(18)34(32)42;1-6(2-4-7)3-5-8;;;;;;/h1-14,37-38H,35-36H2,(H,43,44,45)(H,46,47,48)(H,49,50,51)(H,52,53,54)(H,55,56,57)(H,58,59,60);7-8H,2-5H2,1H3;;;;;;/q;;6*+1/p-6. The number of hydrazone groups is 2. The van der Waals surface area contributed by atoms with E-state index in [1.807, 2.05) is 17.4 Å². The number of likely N-dealkylation sites (N-methyl/N-ethyl adjacent to an activating group) is 1. The third kappa shape index (κ3) is 20.6. The number of fused-ring (bicyclic) bond motifs is 2. The van der Waals surface area contributed by atoms with E-state index in [-0.39, 0.29) is 175 Å². The van der Waals surface area contributed by atoms with Gasteiger partial charge in [-0.05, 0) is 90.0 Å². The van der Waals surface area contributed by atoms with Crippen molar-refractivity contribution in [1.29, 1.82) is 0 Å². The largest absolute Gasteiger partial charge is 1.00 e. The van der Waals surface area contributed by atoms with Gasteiger partial charge in [0.15, 0.2) is 0 Å². The number of carbonyl (C=O) groups is 2. The number of allylic oxidation sites excluding steroid dienone is 2. The van der Waals surface area contributed by atoms with Crippen molar-refractivity contribution >= 4 is 131 Å². The van der Waals surface area contributed by atoms with Crippen molar-refractivity contribution in [2.75, 3.05) is 55.7 Å². The second kappa shape index (κ2) is 31.8. The van der Waals surface area contributed by atoms with E-state index in [0.29, 0.717) is 61.6 Å². The van der Waals surface area contributed by atoms with Gasteiger partial charge in [-0.1, -0.05) is 24.3 Å². The van der Waals surface area contributed by atoms with Crippen LogP contribution in [0.2, 0.25) is 0 Å². The number of benzene rings is 4. The molecule has 0 aliphatic heterocycles. The number of aliphatic hydroxyl groups is 2. The number of nitrogens with two attached hydrogens (primary N) is 2. The molecule has 8 N–H and O–H groups in total. The minimum atomic E-state index is -5.64. The minimum absolute atomic E-state index is 0. The van der Waals surface area contributed by atoms with Gasteiger partial charge in [0, 0.05) is 24.5 Å². The quantitative estimate of drug-likeness (QED) is 0.0199. The van der Waals surface area contributed by atoms with Crippen molar-refractivity contribution in [3.63, 3.8) is 0 Å². The predicted molar refractivity (Wildman–Crippen MR) is 253 cm³/mol. The number of nitrogens with zero attached hydrogens (tertiary/aromatic N) is 3. The van der Waals surface area contributed by atoms with E-state index in [0.717, 1.165) is 36.4 Å². The minimum Gasteiger partial charge on any atom is -0.744 e. The van der Waals surface area contributed by atoms with E-state index in [4.69, 9.17) is 21.7 Å². The number of Topliss-reactive ketones (excluding diaryl/α,β-unsaturated/α-hetero) is 2. The smallest absolute Gasteiger partial charge is 0.744 e. The summed E-state index contributed by atoms with van der Waals surface area (Å²) in [5.74, 6) is -2.78. The van der Waals surface area contributed by atoms with Gasteiger partial charge in [-0.3, -0.25) is 20.4 Å². The van der Waals surface area contributed by atoms with E-state index in [1.54, 1.807) is 0 Å². The molecule has 0 fully saturated rings. The van der Waals surface area contributed by atoms with E-state index >= 15 is 0 Å². The van der Waals surface area contributed by atoms with Crippen LogP contribution < -0.4 is 178 Å². The Labute approximate surface area is 570 Å². The van der Waals surface area contributed by atoms with Crippen LogP contribution in [-0.4, -0.2) is 149 Å². The summed E-state index contributed by atoms with van der Waals surface area (Å²) >= 11 is 0. The van der Waals surface area contributed by atoms with E-state index in [2.05, 4.69) is 15.6 Å². The summed E-state index contributed by atoms with van der Waals surface area (Å²) in [6.07, 6.45) is 2.90. The fourth-order valence-electron chi connectivity index (χ4n) is 6.61. The average Bonchev–Trinajstić information content (AvgIpc) is 3.26. The van der Waals surface area contributed by atoms with Gasteiger partial charge in [-0.25, -0.2) is 50.5 Å². The number of nitrogen functional groups attached to an aromatic ring is 2. The second-order valence-corrected chi connectivity index (χ2v) is 23.2. The fourth-order valence-corrected chi connectivity index (χ4v) is 10.3. The maximum absolute atomic E-state index is 13.3. The summed E-state index contributed by atoms with van der Waals surface area (Å²) < 4.78 is 216. The zero-order valence-corrected chi connectivity index (χ0v) is 55.8. The molecule has 0 radical (unpaired) electrons. The summed E-state index contributed by atoms with van der Waals surface area (Å²) in [5.41, 5.74) is 7.89. The Morgan fingerprint density at radius 2 is 0.950 bits per heavy atom. The maximum atomic E-state index is 13.3. The Hall–Kier alpha value is -1.49. The normalized spacial score (nSPS) is 14.4. The topological polar surface area (TPSA) is 522 Å². The molecule has 2 aliphatic rings. The van der Waals surface area contributed by atoms with E-state index < -0.39 is 164 Å². The molecule has 6 rings (SSSR count). The van der Waals surface area contributed by atoms with Gasteiger partial charge in [-0.2, -0.15) is 10.2 Å². The predicted octanol–water partition coefficient (Wildman–Crippen LogP) is -19.3. The molecular weight excluding hydrogens is 1220 g/mol. The van der Waals surface area contributed by atoms with Crippen LogP contribution in [0.25, 0.3) is 24.3 Å². The van der Waals surface area contributed by atoms with Crippen LogP contribution in [0.15, 0.2) is 100 Å². The Morgan fingerprint density at radius 3 is 1.32 bits per heavy atom. The molecule has 4 aromatic carbocycles. The van der Waals surface area contributed by atoms with Crippen LogP contribution in [-0.2, 0) is 60.7 Å². The van der Waals surface area contributed by atoms with E-state index in [9.17, 15) is 87.4 Å². The van der Waals surface area contributed by atoms with Crippen molar-refractivity contribution < 1.29 is 254 Å². The molecule has 0 heterocycles. The Bertz CT molecular complexity index is 3920. The molecule has 0 amide bonds.